The van der Waals surface area contributed by atoms with E-state index in [1.54, 1.807) is 0 Å². The Morgan fingerprint density at radius 3 is 1.91 bits per heavy atom. The predicted octanol–water partition coefficient (Wildman–Crippen LogP) is 1.03. The van der Waals surface area contributed by atoms with E-state index in [-0.39, 0.29) is 17.2 Å². The van der Waals surface area contributed by atoms with Crippen molar-refractivity contribution in [3.05, 3.63) is 29.8 Å². The number of sulfonamides is 1. The Morgan fingerprint density at radius 2 is 1.55 bits per heavy atom. The summed E-state index contributed by atoms with van der Waals surface area (Å²) in [4.78, 5) is 0.101. The normalized spacial score (nSPS) is 13.3. The van der Waals surface area contributed by atoms with Gasteiger partial charge in [-0.25, -0.2) is 21.6 Å². The van der Waals surface area contributed by atoms with Crippen LogP contribution in [-0.2, 0) is 25.6 Å². The third kappa shape index (κ3) is 5.05. The minimum absolute atomic E-state index is 0.101. The zero-order valence-electron chi connectivity index (χ0n) is 13.2. The summed E-state index contributed by atoms with van der Waals surface area (Å²) in [6.07, 6.45) is 2.31. The first-order chi connectivity index (χ1) is 10.1. The van der Waals surface area contributed by atoms with Gasteiger partial charge in [-0.3, -0.25) is 0 Å². The molecule has 0 radical (unpaired) electrons. The number of hydrogen-bond donors (Lipinski definition) is 2. The molecule has 0 aliphatic carbocycles. The Kier molecular flexibility index (Phi) is 6.14. The molecule has 0 heterocycles. The van der Waals surface area contributed by atoms with Crippen molar-refractivity contribution >= 4 is 19.9 Å². The van der Waals surface area contributed by atoms with Crippen LogP contribution in [0.5, 0.6) is 0 Å². The average Bonchev–Trinajstić information content (AvgIpc) is 2.44. The lowest BCUT2D eigenvalue weighted by Crippen LogP contribution is -2.52. The Hall–Kier alpha value is -0.960. The highest BCUT2D eigenvalue weighted by Crippen LogP contribution is 2.19. The van der Waals surface area contributed by atoms with Crippen LogP contribution in [0.2, 0.25) is 0 Å². The number of sulfone groups is 1. The van der Waals surface area contributed by atoms with Crippen LogP contribution in [-0.4, -0.2) is 35.2 Å². The van der Waals surface area contributed by atoms with E-state index in [1.165, 1.54) is 24.3 Å². The standard InChI is InChI=1S/C14H24N2O4S2/c1-4-14(5-2,11-15)16-22(19,20)13-8-6-12(7-9-13)10-21(3,17)18/h6-9,16H,4-5,10-11,15H2,1-3H3. The molecular weight excluding hydrogens is 324 g/mol. The van der Waals surface area contributed by atoms with Crippen LogP contribution in [0.25, 0.3) is 0 Å². The smallest absolute Gasteiger partial charge is 0.241 e. The lowest BCUT2D eigenvalue weighted by molar-refractivity contribution is 0.363. The van der Waals surface area contributed by atoms with Gasteiger partial charge in [0, 0.05) is 18.3 Å². The molecule has 1 aromatic rings. The summed E-state index contributed by atoms with van der Waals surface area (Å²) in [5.74, 6) is -0.114. The van der Waals surface area contributed by atoms with Crippen LogP contribution in [0.1, 0.15) is 32.3 Å². The number of nitrogens with one attached hydrogen (secondary N) is 1. The molecule has 8 heteroatoms. The predicted molar refractivity (Wildman–Crippen MR) is 87.7 cm³/mol. The molecule has 0 saturated heterocycles. The largest absolute Gasteiger partial charge is 0.329 e. The van der Waals surface area contributed by atoms with Gasteiger partial charge in [-0.2, -0.15) is 0 Å². The first-order valence-corrected chi connectivity index (χ1v) is 10.6. The van der Waals surface area contributed by atoms with Crippen molar-refractivity contribution in [3.63, 3.8) is 0 Å². The van der Waals surface area contributed by atoms with Gasteiger partial charge >= 0.3 is 0 Å². The third-order valence-electron chi connectivity index (χ3n) is 3.76. The van der Waals surface area contributed by atoms with Gasteiger partial charge in [0.25, 0.3) is 0 Å². The van der Waals surface area contributed by atoms with Crippen molar-refractivity contribution in [2.24, 2.45) is 5.73 Å². The quantitative estimate of drug-likeness (QED) is 0.730. The van der Waals surface area contributed by atoms with E-state index < -0.39 is 25.4 Å². The van der Waals surface area contributed by atoms with E-state index >= 15 is 0 Å². The topological polar surface area (TPSA) is 106 Å². The molecule has 0 fully saturated rings. The summed E-state index contributed by atoms with van der Waals surface area (Å²) in [6, 6.07) is 5.85. The van der Waals surface area contributed by atoms with Gasteiger partial charge in [-0.15, -0.1) is 0 Å². The Labute approximate surface area is 133 Å². The highest BCUT2D eigenvalue weighted by molar-refractivity contribution is 7.90. The van der Waals surface area contributed by atoms with Crippen LogP contribution < -0.4 is 10.5 Å². The van der Waals surface area contributed by atoms with Gasteiger partial charge in [-0.05, 0) is 30.5 Å². The number of hydrogen-bond acceptors (Lipinski definition) is 5. The number of nitrogens with two attached hydrogens (primary N) is 1. The van der Waals surface area contributed by atoms with E-state index in [1.807, 2.05) is 13.8 Å². The molecule has 0 unspecified atom stereocenters. The molecule has 0 atom stereocenters. The van der Waals surface area contributed by atoms with Gasteiger partial charge in [0.05, 0.1) is 10.6 Å². The zero-order chi connectivity index (χ0) is 17.0. The first kappa shape index (κ1) is 19.1. The average molecular weight is 348 g/mol. The van der Waals surface area contributed by atoms with E-state index in [0.29, 0.717) is 18.4 Å². The van der Waals surface area contributed by atoms with Crippen molar-refractivity contribution in [2.75, 3.05) is 12.8 Å². The maximum absolute atomic E-state index is 12.4. The molecule has 0 aliphatic heterocycles. The van der Waals surface area contributed by atoms with Crippen molar-refractivity contribution in [1.82, 2.24) is 4.72 Å². The second-order valence-corrected chi connectivity index (χ2v) is 9.33. The summed E-state index contributed by atoms with van der Waals surface area (Å²) in [7, 11) is -6.84. The van der Waals surface area contributed by atoms with Crippen molar-refractivity contribution in [2.45, 2.75) is 42.9 Å². The lowest BCUT2D eigenvalue weighted by Gasteiger charge is -2.31. The summed E-state index contributed by atoms with van der Waals surface area (Å²) in [5.41, 5.74) is 5.60. The van der Waals surface area contributed by atoms with Gasteiger partial charge in [0.2, 0.25) is 10.0 Å². The fourth-order valence-electron chi connectivity index (χ4n) is 2.14. The van der Waals surface area contributed by atoms with Crippen LogP contribution in [0.3, 0.4) is 0 Å². The van der Waals surface area contributed by atoms with Gasteiger partial charge < -0.3 is 5.73 Å². The SMILES string of the molecule is CCC(CC)(CN)NS(=O)(=O)c1ccc(CS(C)(=O)=O)cc1. The molecule has 0 bridgehead atoms. The maximum atomic E-state index is 12.4. The van der Waals surface area contributed by atoms with E-state index in [4.69, 9.17) is 5.73 Å². The first-order valence-electron chi connectivity index (χ1n) is 7.08. The van der Waals surface area contributed by atoms with Crippen molar-refractivity contribution in [3.8, 4) is 0 Å². The molecule has 3 N–H and O–H groups in total. The van der Waals surface area contributed by atoms with E-state index in [9.17, 15) is 16.8 Å². The van der Waals surface area contributed by atoms with E-state index in [2.05, 4.69) is 4.72 Å². The molecule has 0 saturated carbocycles. The summed E-state index contributed by atoms with van der Waals surface area (Å²) >= 11 is 0. The third-order valence-corrected chi connectivity index (χ3v) is 6.21. The van der Waals surface area contributed by atoms with Crippen LogP contribution in [0, 0.1) is 0 Å². The van der Waals surface area contributed by atoms with Gasteiger partial charge in [-0.1, -0.05) is 26.0 Å². The molecular formula is C14H24N2O4S2. The number of rotatable bonds is 8. The molecule has 126 valence electrons. The molecule has 6 nitrogen and oxygen atoms in total. The fraction of sp³-hybridized carbons (Fsp3) is 0.571. The highest BCUT2D eigenvalue weighted by atomic mass is 32.2. The van der Waals surface area contributed by atoms with Crippen LogP contribution in [0.4, 0.5) is 0 Å². The maximum Gasteiger partial charge on any atom is 0.241 e. The Balaban J connectivity index is 3.04. The van der Waals surface area contributed by atoms with Gasteiger partial charge in [0.1, 0.15) is 0 Å². The Bertz CT molecular complexity index is 683. The summed E-state index contributed by atoms with van der Waals surface area (Å²) < 4.78 is 50.0. The second-order valence-electron chi connectivity index (χ2n) is 5.51. The molecule has 0 amide bonds. The van der Waals surface area contributed by atoms with Crippen LogP contribution >= 0.6 is 0 Å². The number of benzene rings is 1. The van der Waals surface area contributed by atoms with Gasteiger partial charge in [0.15, 0.2) is 9.84 Å². The lowest BCUT2D eigenvalue weighted by atomic mass is 9.95. The molecule has 1 rings (SSSR count). The Morgan fingerprint density at radius 1 is 1.05 bits per heavy atom. The van der Waals surface area contributed by atoms with Crippen LogP contribution in [0.15, 0.2) is 29.2 Å². The molecule has 22 heavy (non-hydrogen) atoms. The zero-order valence-corrected chi connectivity index (χ0v) is 14.8. The minimum Gasteiger partial charge on any atom is -0.329 e. The fourth-order valence-corrected chi connectivity index (χ4v) is 4.49. The summed E-state index contributed by atoms with van der Waals surface area (Å²) in [6.45, 7) is 3.98. The van der Waals surface area contributed by atoms with Crippen molar-refractivity contribution in [1.29, 1.82) is 0 Å². The van der Waals surface area contributed by atoms with E-state index in [0.717, 1.165) is 6.26 Å². The molecule has 0 aliphatic rings. The monoisotopic (exact) mass is 348 g/mol. The highest BCUT2D eigenvalue weighted by Gasteiger charge is 2.30. The second kappa shape index (κ2) is 7.08. The molecule has 0 aromatic heterocycles. The molecule has 0 spiro atoms. The molecule has 1 aromatic carbocycles. The minimum atomic E-state index is -3.69. The summed E-state index contributed by atoms with van der Waals surface area (Å²) in [5, 5.41) is 0. The van der Waals surface area contributed by atoms with Crippen molar-refractivity contribution < 1.29 is 16.8 Å².